The van der Waals surface area contributed by atoms with Gasteiger partial charge in [0.25, 0.3) is 0 Å². The summed E-state index contributed by atoms with van der Waals surface area (Å²) in [6.07, 6.45) is 0. The standard InChI is InChI=1S/C20H24FN3O4S/c1-5-28-20(27)18-12(2)13(3)29-19(18)23-17(26)11-24(4)10-16(25)22-15-8-6-7-14(21)9-15/h6-9H,5,10-11H2,1-4H3,(H,22,25)(H,23,26). The van der Waals surface area contributed by atoms with Crippen LogP contribution in [0.1, 0.15) is 27.7 Å². The molecule has 2 N–H and O–H groups in total. The first-order valence-electron chi connectivity index (χ1n) is 9.02. The van der Waals surface area contributed by atoms with Crippen LogP contribution in [0.5, 0.6) is 0 Å². The van der Waals surface area contributed by atoms with E-state index in [0.717, 1.165) is 10.4 Å². The van der Waals surface area contributed by atoms with Crippen molar-refractivity contribution in [1.29, 1.82) is 0 Å². The van der Waals surface area contributed by atoms with Gasteiger partial charge in [0.1, 0.15) is 10.8 Å². The number of carbonyl (C=O) groups excluding carboxylic acids is 3. The van der Waals surface area contributed by atoms with Crippen molar-refractivity contribution in [2.24, 2.45) is 0 Å². The van der Waals surface area contributed by atoms with E-state index in [1.54, 1.807) is 27.0 Å². The molecule has 29 heavy (non-hydrogen) atoms. The Hall–Kier alpha value is -2.78. The summed E-state index contributed by atoms with van der Waals surface area (Å²) in [6, 6.07) is 5.56. The van der Waals surface area contributed by atoms with E-state index in [1.165, 1.54) is 34.4 Å². The lowest BCUT2D eigenvalue weighted by molar-refractivity contribution is -0.119. The fraction of sp³-hybridized carbons (Fsp3) is 0.350. The van der Waals surface area contributed by atoms with Gasteiger partial charge in [-0.3, -0.25) is 14.5 Å². The average Bonchev–Trinajstić information content (AvgIpc) is 2.88. The summed E-state index contributed by atoms with van der Waals surface area (Å²) in [4.78, 5) is 39.1. The van der Waals surface area contributed by atoms with Crippen LogP contribution in [0, 0.1) is 19.7 Å². The SMILES string of the molecule is CCOC(=O)c1c(NC(=O)CN(C)CC(=O)Nc2cccc(F)c2)sc(C)c1C. The monoisotopic (exact) mass is 421 g/mol. The molecule has 0 unspecified atom stereocenters. The molecule has 1 aromatic carbocycles. The molecule has 0 saturated carbocycles. The fourth-order valence-electron chi connectivity index (χ4n) is 2.64. The molecule has 2 aromatic rings. The van der Waals surface area contributed by atoms with Crippen LogP contribution in [0.4, 0.5) is 15.1 Å². The van der Waals surface area contributed by atoms with Crippen molar-refractivity contribution < 1.29 is 23.5 Å². The summed E-state index contributed by atoms with van der Waals surface area (Å²) in [5.74, 6) is -1.67. The summed E-state index contributed by atoms with van der Waals surface area (Å²) in [6.45, 7) is 5.50. The number of likely N-dealkylation sites (N-methyl/N-ethyl adjacent to an activating group) is 1. The Balaban J connectivity index is 1.94. The van der Waals surface area contributed by atoms with Crippen LogP contribution in [0.15, 0.2) is 24.3 Å². The maximum absolute atomic E-state index is 13.2. The summed E-state index contributed by atoms with van der Waals surface area (Å²) in [5.41, 5.74) is 1.47. The van der Waals surface area contributed by atoms with Gasteiger partial charge in [-0.05, 0) is 51.6 Å². The molecule has 156 valence electrons. The minimum Gasteiger partial charge on any atom is -0.462 e. The number of anilines is 2. The zero-order chi connectivity index (χ0) is 21.6. The molecular weight excluding hydrogens is 397 g/mol. The minimum absolute atomic E-state index is 0.0584. The first-order valence-corrected chi connectivity index (χ1v) is 9.83. The molecule has 0 radical (unpaired) electrons. The average molecular weight is 421 g/mol. The van der Waals surface area contributed by atoms with E-state index in [0.29, 0.717) is 16.3 Å². The van der Waals surface area contributed by atoms with Crippen LogP contribution >= 0.6 is 11.3 Å². The lowest BCUT2D eigenvalue weighted by Gasteiger charge is -2.16. The maximum atomic E-state index is 13.2. The lowest BCUT2D eigenvalue weighted by atomic mass is 10.1. The van der Waals surface area contributed by atoms with E-state index in [1.807, 2.05) is 6.92 Å². The molecule has 2 rings (SSSR count). The zero-order valence-corrected chi connectivity index (χ0v) is 17.6. The number of nitrogens with one attached hydrogen (secondary N) is 2. The molecule has 0 aliphatic heterocycles. The number of rotatable bonds is 8. The van der Waals surface area contributed by atoms with E-state index >= 15 is 0 Å². The largest absolute Gasteiger partial charge is 0.462 e. The van der Waals surface area contributed by atoms with Gasteiger partial charge in [-0.2, -0.15) is 0 Å². The van der Waals surface area contributed by atoms with Crippen molar-refractivity contribution in [3.05, 3.63) is 46.1 Å². The van der Waals surface area contributed by atoms with Crippen LogP contribution in [-0.2, 0) is 14.3 Å². The maximum Gasteiger partial charge on any atom is 0.341 e. The number of amides is 2. The van der Waals surface area contributed by atoms with Gasteiger partial charge in [0.2, 0.25) is 11.8 Å². The third-order valence-corrected chi connectivity index (χ3v) is 5.18. The quantitative estimate of drug-likeness (QED) is 0.639. The Morgan fingerprint density at radius 3 is 2.41 bits per heavy atom. The van der Waals surface area contributed by atoms with Crippen LogP contribution in [0.25, 0.3) is 0 Å². The van der Waals surface area contributed by atoms with Gasteiger partial charge in [-0.25, -0.2) is 9.18 Å². The minimum atomic E-state index is -0.479. The van der Waals surface area contributed by atoms with Gasteiger partial charge in [-0.1, -0.05) is 6.07 Å². The highest BCUT2D eigenvalue weighted by atomic mass is 32.1. The fourth-order valence-corrected chi connectivity index (χ4v) is 3.71. The zero-order valence-electron chi connectivity index (χ0n) is 16.8. The van der Waals surface area contributed by atoms with Gasteiger partial charge >= 0.3 is 5.97 Å². The molecule has 0 atom stereocenters. The Morgan fingerprint density at radius 1 is 1.14 bits per heavy atom. The Labute approximate surface area is 172 Å². The van der Waals surface area contributed by atoms with E-state index in [4.69, 9.17) is 4.74 Å². The second-order valence-electron chi connectivity index (χ2n) is 6.49. The van der Waals surface area contributed by atoms with Gasteiger partial charge in [0.05, 0.1) is 25.3 Å². The highest BCUT2D eigenvalue weighted by Crippen LogP contribution is 2.33. The number of esters is 1. The van der Waals surface area contributed by atoms with Gasteiger partial charge in [0.15, 0.2) is 0 Å². The smallest absolute Gasteiger partial charge is 0.341 e. The van der Waals surface area contributed by atoms with E-state index < -0.39 is 11.8 Å². The molecule has 0 saturated heterocycles. The molecule has 1 aromatic heterocycles. The van der Waals surface area contributed by atoms with Gasteiger partial charge in [-0.15, -0.1) is 11.3 Å². The second-order valence-corrected chi connectivity index (χ2v) is 7.71. The molecule has 0 aliphatic rings. The molecule has 0 aliphatic carbocycles. The van der Waals surface area contributed by atoms with E-state index in [-0.39, 0.29) is 31.5 Å². The van der Waals surface area contributed by atoms with Crippen LogP contribution in [0.2, 0.25) is 0 Å². The normalized spacial score (nSPS) is 10.7. The summed E-state index contributed by atoms with van der Waals surface area (Å²) in [7, 11) is 1.61. The van der Waals surface area contributed by atoms with Crippen LogP contribution in [-0.4, -0.2) is 49.4 Å². The van der Waals surface area contributed by atoms with Crippen molar-refractivity contribution in [1.82, 2.24) is 4.90 Å². The Bertz CT molecular complexity index is 913. The van der Waals surface area contributed by atoms with Crippen molar-refractivity contribution >= 4 is 39.8 Å². The number of thiophene rings is 1. The van der Waals surface area contributed by atoms with Gasteiger partial charge < -0.3 is 15.4 Å². The predicted octanol–water partition coefficient (Wildman–Crippen LogP) is 3.19. The molecule has 9 heteroatoms. The Morgan fingerprint density at radius 2 is 1.79 bits per heavy atom. The number of hydrogen-bond acceptors (Lipinski definition) is 6. The molecule has 2 amide bonds. The molecule has 0 bridgehead atoms. The summed E-state index contributed by atoms with van der Waals surface area (Å²) in [5, 5.41) is 5.73. The number of ether oxygens (including phenoxy) is 1. The molecule has 7 nitrogen and oxygen atoms in total. The Kier molecular flexibility index (Phi) is 7.86. The lowest BCUT2D eigenvalue weighted by Crippen LogP contribution is -2.36. The number of halogens is 1. The molecular formula is C20H24FN3O4S. The molecule has 1 heterocycles. The number of carbonyl (C=O) groups is 3. The molecule has 0 spiro atoms. The second kappa shape index (κ2) is 10.1. The highest BCUT2D eigenvalue weighted by Gasteiger charge is 2.22. The van der Waals surface area contributed by atoms with Crippen molar-refractivity contribution in [3.8, 4) is 0 Å². The highest BCUT2D eigenvalue weighted by molar-refractivity contribution is 7.16. The summed E-state index contributed by atoms with van der Waals surface area (Å²) >= 11 is 1.30. The van der Waals surface area contributed by atoms with Crippen LogP contribution < -0.4 is 10.6 Å². The molecule has 0 fully saturated rings. The third-order valence-electron chi connectivity index (χ3n) is 4.05. The predicted molar refractivity (Wildman–Crippen MR) is 111 cm³/mol. The third kappa shape index (κ3) is 6.37. The first kappa shape index (κ1) is 22.5. The van der Waals surface area contributed by atoms with Crippen molar-refractivity contribution in [2.75, 3.05) is 37.4 Å². The van der Waals surface area contributed by atoms with Crippen molar-refractivity contribution in [3.63, 3.8) is 0 Å². The van der Waals surface area contributed by atoms with E-state index in [2.05, 4.69) is 10.6 Å². The number of nitrogens with zero attached hydrogens (tertiary/aromatic N) is 1. The van der Waals surface area contributed by atoms with Crippen molar-refractivity contribution in [2.45, 2.75) is 20.8 Å². The number of aryl methyl sites for hydroxylation is 1. The van der Waals surface area contributed by atoms with Gasteiger partial charge in [0, 0.05) is 10.6 Å². The van der Waals surface area contributed by atoms with Crippen LogP contribution in [0.3, 0.4) is 0 Å². The number of benzene rings is 1. The topological polar surface area (TPSA) is 87.7 Å². The first-order chi connectivity index (χ1) is 13.7. The van der Waals surface area contributed by atoms with E-state index in [9.17, 15) is 18.8 Å². The summed E-state index contributed by atoms with van der Waals surface area (Å²) < 4.78 is 18.2. The number of hydrogen-bond donors (Lipinski definition) is 2.